The third-order valence-corrected chi connectivity index (χ3v) is 2.28. The maximum atomic E-state index is 11.6. The lowest BCUT2D eigenvalue weighted by Crippen LogP contribution is -2.39. The van der Waals surface area contributed by atoms with E-state index in [0.717, 1.165) is 6.54 Å². The van der Waals surface area contributed by atoms with Gasteiger partial charge in [-0.15, -0.1) is 6.42 Å². The molecule has 1 aliphatic rings. The number of ether oxygens (including phenoxy) is 1. The molecule has 0 aromatic heterocycles. The normalized spacial score (nSPS) is 27.0. The van der Waals surface area contributed by atoms with Crippen LogP contribution in [0.15, 0.2) is 0 Å². The van der Waals surface area contributed by atoms with E-state index in [9.17, 15) is 4.79 Å². The zero-order valence-corrected chi connectivity index (χ0v) is 9.02. The van der Waals surface area contributed by atoms with Gasteiger partial charge in [-0.3, -0.25) is 4.79 Å². The second-order valence-electron chi connectivity index (χ2n) is 4.70. The van der Waals surface area contributed by atoms with Crippen molar-refractivity contribution in [2.75, 3.05) is 13.1 Å². The van der Waals surface area contributed by atoms with Crippen LogP contribution in [0.3, 0.4) is 0 Å². The van der Waals surface area contributed by atoms with Gasteiger partial charge in [-0.2, -0.15) is 0 Å². The van der Waals surface area contributed by atoms with Crippen molar-refractivity contribution in [3.05, 3.63) is 0 Å². The topological polar surface area (TPSA) is 38.3 Å². The van der Waals surface area contributed by atoms with Crippen LogP contribution < -0.4 is 5.32 Å². The third-order valence-electron chi connectivity index (χ3n) is 2.28. The van der Waals surface area contributed by atoms with Gasteiger partial charge >= 0.3 is 5.97 Å². The minimum Gasteiger partial charge on any atom is -0.444 e. The number of hydrogen-bond acceptors (Lipinski definition) is 3. The molecule has 3 heteroatoms. The van der Waals surface area contributed by atoms with Crippen LogP contribution in [0.1, 0.15) is 27.2 Å². The minimum absolute atomic E-state index is 0.237. The molecular weight excluding hydrogens is 178 g/mol. The Kier molecular flexibility index (Phi) is 2.86. The number of terminal acetylenes is 1. The SMILES string of the molecule is C#CC1(OC(=O)C(C)(C)C)CCNC1. The lowest BCUT2D eigenvalue weighted by atomic mass is 9.96. The summed E-state index contributed by atoms with van der Waals surface area (Å²) in [5, 5.41) is 3.10. The van der Waals surface area contributed by atoms with Gasteiger partial charge in [0, 0.05) is 19.5 Å². The predicted molar refractivity (Wildman–Crippen MR) is 54.6 cm³/mol. The van der Waals surface area contributed by atoms with Crippen LogP contribution in [0.5, 0.6) is 0 Å². The summed E-state index contributed by atoms with van der Waals surface area (Å²) in [6.45, 7) is 6.83. The Morgan fingerprint density at radius 3 is 2.57 bits per heavy atom. The standard InChI is InChI=1S/C11H17NO2/c1-5-11(6-7-12-8-11)14-9(13)10(2,3)4/h1,12H,6-8H2,2-4H3. The molecule has 1 saturated heterocycles. The molecule has 0 bridgehead atoms. The van der Waals surface area contributed by atoms with Gasteiger partial charge in [0.2, 0.25) is 0 Å². The molecule has 3 nitrogen and oxygen atoms in total. The van der Waals surface area contributed by atoms with E-state index in [1.54, 1.807) is 0 Å². The van der Waals surface area contributed by atoms with Gasteiger partial charge in [-0.05, 0) is 20.8 Å². The molecule has 1 fully saturated rings. The van der Waals surface area contributed by atoms with Gasteiger partial charge in [0.25, 0.3) is 0 Å². The smallest absolute Gasteiger partial charge is 0.312 e. The molecule has 0 radical (unpaired) electrons. The summed E-state index contributed by atoms with van der Waals surface area (Å²) >= 11 is 0. The Morgan fingerprint density at radius 2 is 2.21 bits per heavy atom. The highest BCUT2D eigenvalue weighted by Crippen LogP contribution is 2.24. The minimum atomic E-state index is -0.718. The van der Waals surface area contributed by atoms with E-state index in [-0.39, 0.29) is 5.97 Å². The Bertz CT molecular complexity index is 264. The average molecular weight is 195 g/mol. The summed E-state index contributed by atoms with van der Waals surface area (Å²) in [4.78, 5) is 11.6. The van der Waals surface area contributed by atoms with Gasteiger partial charge < -0.3 is 10.1 Å². The first-order valence-corrected chi connectivity index (χ1v) is 4.82. The fourth-order valence-corrected chi connectivity index (χ4v) is 1.24. The first kappa shape index (κ1) is 11.1. The summed E-state index contributed by atoms with van der Waals surface area (Å²) in [7, 11) is 0. The van der Waals surface area contributed by atoms with Crippen LogP contribution in [0.2, 0.25) is 0 Å². The van der Waals surface area contributed by atoms with Crippen molar-refractivity contribution in [3.63, 3.8) is 0 Å². The maximum Gasteiger partial charge on any atom is 0.312 e. The molecule has 1 N–H and O–H groups in total. The molecule has 78 valence electrons. The van der Waals surface area contributed by atoms with Gasteiger partial charge in [-0.1, -0.05) is 5.92 Å². The molecule has 14 heavy (non-hydrogen) atoms. The number of carbonyl (C=O) groups is 1. The van der Waals surface area contributed by atoms with E-state index < -0.39 is 11.0 Å². The fourth-order valence-electron chi connectivity index (χ4n) is 1.24. The molecular formula is C11H17NO2. The van der Waals surface area contributed by atoms with Crippen molar-refractivity contribution >= 4 is 5.97 Å². The van der Waals surface area contributed by atoms with E-state index >= 15 is 0 Å². The lowest BCUT2D eigenvalue weighted by molar-refractivity contribution is -0.162. The summed E-state index contributed by atoms with van der Waals surface area (Å²) in [6.07, 6.45) is 6.09. The lowest BCUT2D eigenvalue weighted by Gasteiger charge is -2.26. The van der Waals surface area contributed by atoms with Crippen molar-refractivity contribution in [3.8, 4) is 12.3 Å². The summed E-state index contributed by atoms with van der Waals surface area (Å²) < 4.78 is 5.38. The van der Waals surface area contributed by atoms with Crippen LogP contribution in [-0.2, 0) is 9.53 Å². The second kappa shape index (κ2) is 3.62. The maximum absolute atomic E-state index is 11.6. The number of carbonyl (C=O) groups excluding carboxylic acids is 1. The molecule has 0 aromatic rings. The highest BCUT2D eigenvalue weighted by molar-refractivity contribution is 5.76. The zero-order chi connectivity index (χ0) is 10.8. The van der Waals surface area contributed by atoms with E-state index in [1.165, 1.54) is 0 Å². The number of esters is 1. The summed E-state index contributed by atoms with van der Waals surface area (Å²) in [5.41, 5.74) is -1.21. The Labute approximate surface area is 85.2 Å². The van der Waals surface area contributed by atoms with Crippen molar-refractivity contribution in [2.45, 2.75) is 32.8 Å². The van der Waals surface area contributed by atoms with Gasteiger partial charge in [0.05, 0.1) is 5.41 Å². The van der Waals surface area contributed by atoms with Crippen LogP contribution >= 0.6 is 0 Å². The number of rotatable bonds is 1. The molecule has 1 unspecified atom stereocenters. The fraction of sp³-hybridized carbons (Fsp3) is 0.727. The second-order valence-corrected chi connectivity index (χ2v) is 4.70. The molecule has 1 aliphatic heterocycles. The first-order valence-electron chi connectivity index (χ1n) is 4.82. The molecule has 0 amide bonds. The molecule has 1 rings (SSSR count). The van der Waals surface area contributed by atoms with Gasteiger partial charge in [0.1, 0.15) is 0 Å². The van der Waals surface area contributed by atoms with E-state index in [0.29, 0.717) is 13.0 Å². The number of nitrogens with one attached hydrogen (secondary N) is 1. The Morgan fingerprint density at radius 1 is 1.57 bits per heavy atom. The zero-order valence-electron chi connectivity index (χ0n) is 9.02. The van der Waals surface area contributed by atoms with Crippen LogP contribution in [-0.4, -0.2) is 24.7 Å². The molecule has 1 heterocycles. The van der Waals surface area contributed by atoms with Gasteiger partial charge in [-0.25, -0.2) is 0 Å². The molecule has 0 aliphatic carbocycles. The van der Waals surface area contributed by atoms with Crippen LogP contribution in [0.25, 0.3) is 0 Å². The Balaban J connectivity index is 2.67. The predicted octanol–water partition coefficient (Wildman–Crippen LogP) is 0.941. The first-order chi connectivity index (χ1) is 6.40. The third kappa shape index (κ3) is 2.27. The quantitative estimate of drug-likeness (QED) is 0.500. The highest BCUT2D eigenvalue weighted by atomic mass is 16.6. The highest BCUT2D eigenvalue weighted by Gasteiger charge is 2.38. The molecule has 0 aromatic carbocycles. The average Bonchev–Trinajstić information content (AvgIpc) is 2.52. The molecule has 1 atom stereocenters. The number of hydrogen-bond donors (Lipinski definition) is 1. The van der Waals surface area contributed by atoms with Crippen molar-refractivity contribution in [1.29, 1.82) is 0 Å². The van der Waals surface area contributed by atoms with Crippen molar-refractivity contribution < 1.29 is 9.53 Å². The monoisotopic (exact) mass is 195 g/mol. The molecule has 0 saturated carbocycles. The Hall–Kier alpha value is -1.01. The van der Waals surface area contributed by atoms with Crippen molar-refractivity contribution in [1.82, 2.24) is 5.32 Å². The van der Waals surface area contributed by atoms with E-state index in [2.05, 4.69) is 11.2 Å². The van der Waals surface area contributed by atoms with E-state index in [4.69, 9.17) is 11.2 Å². The van der Waals surface area contributed by atoms with Crippen molar-refractivity contribution in [2.24, 2.45) is 5.41 Å². The molecule has 0 spiro atoms. The summed E-state index contributed by atoms with van der Waals surface area (Å²) in [5.74, 6) is 2.34. The largest absolute Gasteiger partial charge is 0.444 e. The van der Waals surface area contributed by atoms with Crippen LogP contribution in [0.4, 0.5) is 0 Å². The van der Waals surface area contributed by atoms with Gasteiger partial charge in [0.15, 0.2) is 5.60 Å². The summed E-state index contributed by atoms with van der Waals surface area (Å²) in [6, 6.07) is 0. The van der Waals surface area contributed by atoms with Crippen LogP contribution in [0, 0.1) is 17.8 Å². The van der Waals surface area contributed by atoms with E-state index in [1.807, 2.05) is 20.8 Å².